The standard InChI is InChI=1S/C32H50O4/c1-24(2)33-22-20-30(6,7)35-27-16-12-25(13-17-27)32(10,11)26-14-18-28(19-15-26)36-31(8,9)21-23-34-29(3,4)5/h12-19,24H,20-23H2,1-11H3. The first-order valence-corrected chi connectivity index (χ1v) is 13.3. The molecule has 0 saturated carbocycles. The van der Waals surface area contributed by atoms with Crippen LogP contribution in [0.5, 0.6) is 11.5 Å². The van der Waals surface area contributed by atoms with Crippen LogP contribution in [-0.4, -0.2) is 36.1 Å². The van der Waals surface area contributed by atoms with Gasteiger partial charge in [-0.1, -0.05) is 38.1 Å². The molecule has 2 rings (SSSR count). The summed E-state index contributed by atoms with van der Waals surface area (Å²) in [7, 11) is 0. The maximum Gasteiger partial charge on any atom is 0.120 e. The van der Waals surface area contributed by atoms with E-state index < -0.39 is 0 Å². The second-order valence-corrected chi connectivity index (χ2v) is 12.8. The molecule has 0 saturated heterocycles. The molecule has 202 valence electrons. The van der Waals surface area contributed by atoms with Crippen molar-refractivity contribution in [3.63, 3.8) is 0 Å². The summed E-state index contributed by atoms with van der Waals surface area (Å²) in [5.74, 6) is 1.76. The highest BCUT2D eigenvalue weighted by molar-refractivity contribution is 5.42. The number of benzene rings is 2. The van der Waals surface area contributed by atoms with Crippen molar-refractivity contribution >= 4 is 0 Å². The molecule has 0 fully saturated rings. The second kappa shape index (κ2) is 12.0. The second-order valence-electron chi connectivity index (χ2n) is 12.8. The van der Waals surface area contributed by atoms with Gasteiger partial charge >= 0.3 is 0 Å². The largest absolute Gasteiger partial charge is 0.488 e. The summed E-state index contributed by atoms with van der Waals surface area (Å²) in [6, 6.07) is 16.9. The number of rotatable bonds is 13. The lowest BCUT2D eigenvalue weighted by molar-refractivity contribution is -0.0292. The molecule has 0 atom stereocenters. The average molecular weight is 499 g/mol. The van der Waals surface area contributed by atoms with Crippen molar-refractivity contribution in [1.29, 1.82) is 0 Å². The molecule has 4 nitrogen and oxygen atoms in total. The molecule has 0 spiro atoms. The molecule has 0 bridgehead atoms. The lowest BCUT2D eigenvalue weighted by atomic mass is 9.78. The molecule has 0 aromatic heterocycles. The first kappa shape index (κ1) is 30.2. The minimum Gasteiger partial charge on any atom is -0.488 e. The minimum absolute atomic E-state index is 0.133. The summed E-state index contributed by atoms with van der Waals surface area (Å²) < 4.78 is 24.1. The van der Waals surface area contributed by atoms with Crippen molar-refractivity contribution in [2.24, 2.45) is 0 Å². The zero-order chi connectivity index (χ0) is 27.2. The molecular formula is C32H50O4. The van der Waals surface area contributed by atoms with E-state index in [-0.39, 0.29) is 28.3 Å². The van der Waals surface area contributed by atoms with Crippen LogP contribution in [0.1, 0.15) is 100 Å². The molecule has 0 N–H and O–H groups in total. The summed E-state index contributed by atoms with van der Waals surface area (Å²) in [6.07, 6.45) is 1.91. The zero-order valence-corrected chi connectivity index (χ0v) is 24.7. The number of hydrogen-bond acceptors (Lipinski definition) is 4. The van der Waals surface area contributed by atoms with Gasteiger partial charge in [0, 0.05) is 18.3 Å². The topological polar surface area (TPSA) is 36.9 Å². The predicted molar refractivity (Wildman–Crippen MR) is 150 cm³/mol. The van der Waals surface area contributed by atoms with Crippen LogP contribution < -0.4 is 9.47 Å². The fourth-order valence-corrected chi connectivity index (χ4v) is 3.93. The van der Waals surface area contributed by atoms with Gasteiger partial charge in [0.2, 0.25) is 0 Å². The highest BCUT2D eigenvalue weighted by atomic mass is 16.5. The molecule has 0 amide bonds. The smallest absolute Gasteiger partial charge is 0.120 e. The van der Waals surface area contributed by atoms with E-state index in [9.17, 15) is 0 Å². The van der Waals surface area contributed by atoms with Crippen molar-refractivity contribution in [2.75, 3.05) is 13.2 Å². The maximum atomic E-state index is 6.29. The Morgan fingerprint density at radius 2 is 0.972 bits per heavy atom. The normalized spacial score (nSPS) is 13.2. The first-order valence-electron chi connectivity index (χ1n) is 13.3. The van der Waals surface area contributed by atoms with Crippen LogP contribution in [0.25, 0.3) is 0 Å². The first-order chi connectivity index (χ1) is 16.5. The molecule has 4 heteroatoms. The van der Waals surface area contributed by atoms with Gasteiger partial charge in [-0.25, -0.2) is 0 Å². The summed E-state index contributed by atoms with van der Waals surface area (Å²) >= 11 is 0. The fraction of sp³-hybridized carbons (Fsp3) is 0.625. The summed E-state index contributed by atoms with van der Waals surface area (Å²) in [6.45, 7) is 24.6. The van der Waals surface area contributed by atoms with E-state index in [4.69, 9.17) is 18.9 Å². The van der Waals surface area contributed by atoms with Crippen LogP contribution in [0, 0.1) is 0 Å². The Bertz CT molecular complexity index is 916. The fourth-order valence-electron chi connectivity index (χ4n) is 3.93. The molecule has 0 heterocycles. The Labute approximate surface area is 220 Å². The molecule has 36 heavy (non-hydrogen) atoms. The quantitative estimate of drug-likeness (QED) is 0.278. The average Bonchev–Trinajstić information content (AvgIpc) is 2.72. The van der Waals surface area contributed by atoms with Gasteiger partial charge in [-0.05, 0) is 97.7 Å². The van der Waals surface area contributed by atoms with Gasteiger partial charge in [-0.2, -0.15) is 0 Å². The van der Waals surface area contributed by atoms with Crippen molar-refractivity contribution in [1.82, 2.24) is 0 Å². The summed E-state index contributed by atoms with van der Waals surface area (Å²) in [5.41, 5.74) is 1.62. The molecule has 0 unspecified atom stereocenters. The Balaban J connectivity index is 2.01. The lowest BCUT2D eigenvalue weighted by Gasteiger charge is -2.30. The minimum atomic E-state index is -0.299. The third-order valence-corrected chi connectivity index (χ3v) is 6.33. The van der Waals surface area contributed by atoms with E-state index in [0.29, 0.717) is 13.2 Å². The van der Waals surface area contributed by atoms with Crippen molar-refractivity contribution in [2.45, 2.75) is 117 Å². The zero-order valence-electron chi connectivity index (χ0n) is 24.7. The van der Waals surface area contributed by atoms with Gasteiger partial charge in [-0.15, -0.1) is 0 Å². The molecule has 0 aliphatic carbocycles. The lowest BCUT2D eigenvalue weighted by Crippen LogP contribution is -2.32. The van der Waals surface area contributed by atoms with E-state index in [0.717, 1.165) is 24.3 Å². The molecule has 2 aromatic carbocycles. The number of ether oxygens (including phenoxy) is 4. The maximum absolute atomic E-state index is 6.29. The van der Waals surface area contributed by atoms with Crippen LogP contribution >= 0.6 is 0 Å². The highest BCUT2D eigenvalue weighted by Crippen LogP contribution is 2.34. The molecule has 0 aliphatic heterocycles. The summed E-state index contributed by atoms with van der Waals surface area (Å²) in [5, 5.41) is 0. The van der Waals surface area contributed by atoms with Crippen LogP contribution in [0.2, 0.25) is 0 Å². The van der Waals surface area contributed by atoms with E-state index in [1.165, 1.54) is 11.1 Å². The van der Waals surface area contributed by atoms with Gasteiger partial charge in [0.25, 0.3) is 0 Å². The van der Waals surface area contributed by atoms with Crippen LogP contribution in [0.4, 0.5) is 0 Å². The third kappa shape index (κ3) is 10.1. The van der Waals surface area contributed by atoms with Gasteiger partial charge < -0.3 is 18.9 Å². The van der Waals surface area contributed by atoms with Crippen molar-refractivity contribution < 1.29 is 18.9 Å². The third-order valence-electron chi connectivity index (χ3n) is 6.33. The van der Waals surface area contributed by atoms with E-state index in [2.05, 4.69) is 125 Å². The molecule has 2 aromatic rings. The van der Waals surface area contributed by atoms with E-state index in [1.807, 2.05) is 0 Å². The molecular weight excluding hydrogens is 448 g/mol. The van der Waals surface area contributed by atoms with Crippen molar-refractivity contribution in [3.8, 4) is 11.5 Å². The SMILES string of the molecule is CC(C)OCCC(C)(C)Oc1ccc(C(C)(C)c2ccc(OC(C)(C)CCOC(C)(C)C)cc2)cc1. The Kier molecular flexibility index (Phi) is 10.1. The Hall–Kier alpha value is -2.04. The Morgan fingerprint density at radius 1 is 0.583 bits per heavy atom. The van der Waals surface area contributed by atoms with Gasteiger partial charge in [0.15, 0.2) is 0 Å². The van der Waals surface area contributed by atoms with E-state index >= 15 is 0 Å². The number of hydrogen-bond donors (Lipinski definition) is 0. The Morgan fingerprint density at radius 3 is 1.33 bits per heavy atom. The van der Waals surface area contributed by atoms with Crippen LogP contribution in [0.15, 0.2) is 48.5 Å². The molecule has 0 radical (unpaired) electrons. The molecule has 0 aliphatic rings. The van der Waals surface area contributed by atoms with Gasteiger partial charge in [0.1, 0.15) is 22.7 Å². The van der Waals surface area contributed by atoms with Crippen LogP contribution in [0.3, 0.4) is 0 Å². The van der Waals surface area contributed by atoms with E-state index in [1.54, 1.807) is 0 Å². The van der Waals surface area contributed by atoms with Crippen LogP contribution in [-0.2, 0) is 14.9 Å². The monoisotopic (exact) mass is 498 g/mol. The van der Waals surface area contributed by atoms with Gasteiger partial charge in [0.05, 0.1) is 24.9 Å². The van der Waals surface area contributed by atoms with Crippen molar-refractivity contribution in [3.05, 3.63) is 59.7 Å². The predicted octanol–water partition coefficient (Wildman–Crippen LogP) is 8.35. The highest BCUT2D eigenvalue weighted by Gasteiger charge is 2.26. The summed E-state index contributed by atoms with van der Waals surface area (Å²) in [4.78, 5) is 0. The van der Waals surface area contributed by atoms with Gasteiger partial charge in [-0.3, -0.25) is 0 Å².